The van der Waals surface area contributed by atoms with Crippen molar-refractivity contribution in [1.29, 1.82) is 0 Å². The lowest BCUT2D eigenvalue weighted by molar-refractivity contribution is -0.0933. The first-order valence-corrected chi connectivity index (χ1v) is 8.23. The molecule has 0 saturated carbocycles. The van der Waals surface area contributed by atoms with Crippen LogP contribution in [0.25, 0.3) is 0 Å². The van der Waals surface area contributed by atoms with Crippen LogP contribution in [0.4, 0.5) is 4.79 Å². The summed E-state index contributed by atoms with van der Waals surface area (Å²) in [4.78, 5) is 14.5. The fourth-order valence-corrected chi connectivity index (χ4v) is 3.27. The van der Waals surface area contributed by atoms with Crippen LogP contribution >= 0.6 is 0 Å². The van der Waals surface area contributed by atoms with Crippen LogP contribution in [0.3, 0.4) is 0 Å². The third-order valence-electron chi connectivity index (χ3n) is 4.63. The van der Waals surface area contributed by atoms with Crippen molar-refractivity contribution in [1.82, 2.24) is 9.80 Å². The Balaban J connectivity index is 1.74. The maximum Gasteiger partial charge on any atom is 0.407 e. The minimum absolute atomic E-state index is 0.218. The highest BCUT2D eigenvalue weighted by Gasteiger charge is 2.37. The van der Waals surface area contributed by atoms with Gasteiger partial charge in [0.15, 0.2) is 0 Å². The molecule has 3 N–H and O–H groups in total. The van der Waals surface area contributed by atoms with Crippen molar-refractivity contribution in [2.75, 3.05) is 6.54 Å². The Kier molecular flexibility index (Phi) is 5.03. The van der Waals surface area contributed by atoms with Crippen molar-refractivity contribution in [2.24, 2.45) is 0 Å². The minimum atomic E-state index is -1.03. The number of rotatable bonds is 5. The number of carbonyl (C=O) groups is 1. The molecule has 6 heteroatoms. The average Bonchev–Trinajstić information content (AvgIpc) is 2.85. The fourth-order valence-electron chi connectivity index (χ4n) is 3.27. The second-order valence-corrected chi connectivity index (χ2v) is 6.32. The molecule has 2 aromatic rings. The van der Waals surface area contributed by atoms with Gasteiger partial charge in [-0.05, 0) is 12.5 Å². The maximum absolute atomic E-state index is 11.7. The maximum atomic E-state index is 11.7. The van der Waals surface area contributed by atoms with Crippen LogP contribution in [-0.4, -0.2) is 43.8 Å². The van der Waals surface area contributed by atoms with Crippen molar-refractivity contribution in [3.05, 3.63) is 71.3 Å². The smallest absolute Gasteiger partial charge is 0.407 e. The molecule has 0 spiro atoms. The van der Waals surface area contributed by atoms with Gasteiger partial charge in [0, 0.05) is 30.3 Å². The van der Waals surface area contributed by atoms with Gasteiger partial charge >= 0.3 is 6.09 Å². The molecule has 25 heavy (non-hydrogen) atoms. The molecule has 6 nitrogen and oxygen atoms in total. The Hall–Kier alpha value is -2.41. The quantitative estimate of drug-likeness (QED) is 0.778. The van der Waals surface area contributed by atoms with E-state index in [1.807, 2.05) is 30.3 Å². The fraction of sp³-hybridized carbons (Fsp3) is 0.316. The highest BCUT2D eigenvalue weighted by atomic mass is 16.4. The van der Waals surface area contributed by atoms with Crippen molar-refractivity contribution in [2.45, 2.75) is 32.0 Å². The number of hydrogen-bond donors (Lipinski definition) is 3. The molecule has 0 fully saturated rings. The summed E-state index contributed by atoms with van der Waals surface area (Å²) in [6, 6.07) is 16.1. The number of fused-ring (bicyclic) bond motifs is 1. The third kappa shape index (κ3) is 3.51. The molecule has 0 radical (unpaired) electrons. The van der Waals surface area contributed by atoms with E-state index in [-0.39, 0.29) is 13.1 Å². The average molecular weight is 342 g/mol. The summed E-state index contributed by atoms with van der Waals surface area (Å²) < 4.78 is 0. The van der Waals surface area contributed by atoms with E-state index in [4.69, 9.17) is 0 Å². The topological polar surface area (TPSA) is 84.2 Å². The zero-order chi connectivity index (χ0) is 18.0. The molecule has 0 saturated heterocycles. The number of hydrogen-bond acceptors (Lipinski definition) is 4. The predicted molar refractivity (Wildman–Crippen MR) is 92.5 cm³/mol. The van der Waals surface area contributed by atoms with Crippen molar-refractivity contribution < 1.29 is 20.1 Å². The zero-order valence-electron chi connectivity index (χ0n) is 14.0. The molecule has 2 unspecified atom stereocenters. The van der Waals surface area contributed by atoms with Crippen LogP contribution in [-0.2, 0) is 6.54 Å². The van der Waals surface area contributed by atoms with Gasteiger partial charge in [-0.15, -0.1) is 0 Å². The number of benzene rings is 2. The van der Waals surface area contributed by atoms with E-state index >= 15 is 0 Å². The zero-order valence-corrected chi connectivity index (χ0v) is 14.0. The lowest BCUT2D eigenvalue weighted by Gasteiger charge is -2.33. The highest BCUT2D eigenvalue weighted by molar-refractivity contribution is 5.65. The van der Waals surface area contributed by atoms with Crippen molar-refractivity contribution >= 4 is 6.09 Å². The Morgan fingerprint density at radius 2 is 1.56 bits per heavy atom. The minimum Gasteiger partial charge on any atom is -0.465 e. The van der Waals surface area contributed by atoms with Gasteiger partial charge in [-0.2, -0.15) is 0 Å². The van der Waals surface area contributed by atoms with Gasteiger partial charge < -0.3 is 20.2 Å². The molecular formula is C19H22N2O4. The number of aliphatic hydroxyl groups excluding tert-OH is 2. The van der Waals surface area contributed by atoms with Crippen LogP contribution in [0, 0.1) is 0 Å². The van der Waals surface area contributed by atoms with Gasteiger partial charge in [0.1, 0.15) is 12.5 Å². The molecule has 1 aliphatic rings. The molecule has 3 rings (SSSR count). The van der Waals surface area contributed by atoms with Gasteiger partial charge in [-0.25, -0.2) is 9.69 Å². The Labute approximate surface area is 146 Å². The van der Waals surface area contributed by atoms with Gasteiger partial charge in [-0.1, -0.05) is 54.6 Å². The Morgan fingerprint density at radius 3 is 2.08 bits per heavy atom. The third-order valence-corrected chi connectivity index (χ3v) is 4.63. The van der Waals surface area contributed by atoms with Gasteiger partial charge in [0.05, 0.1) is 0 Å². The molecule has 2 aromatic carbocycles. The number of aliphatic hydroxyl groups is 2. The van der Waals surface area contributed by atoms with E-state index < -0.39 is 24.6 Å². The summed E-state index contributed by atoms with van der Waals surface area (Å²) in [6.45, 7) is 2.25. The molecule has 3 atom stereocenters. The van der Waals surface area contributed by atoms with Crippen molar-refractivity contribution in [3.8, 4) is 0 Å². The van der Waals surface area contributed by atoms with Crippen LogP contribution in [0.5, 0.6) is 0 Å². The summed E-state index contributed by atoms with van der Waals surface area (Å²) in [6.07, 6.45) is -2.92. The second kappa shape index (κ2) is 7.23. The van der Waals surface area contributed by atoms with Crippen LogP contribution in [0.1, 0.15) is 36.1 Å². The molecule has 0 bridgehead atoms. The van der Waals surface area contributed by atoms with Crippen LogP contribution in [0.2, 0.25) is 0 Å². The lowest BCUT2D eigenvalue weighted by atomic mass is 10.1. The summed E-state index contributed by atoms with van der Waals surface area (Å²) in [5.74, 6) is 0. The first-order chi connectivity index (χ1) is 12.0. The lowest BCUT2D eigenvalue weighted by Crippen LogP contribution is -2.45. The first kappa shape index (κ1) is 17.4. The SMILES string of the molecule is C[C@@H](CN1C(O)c2ccccc2C1O)N(Cc1ccccc1)C(=O)O. The van der Waals surface area contributed by atoms with E-state index in [0.29, 0.717) is 11.1 Å². The first-order valence-electron chi connectivity index (χ1n) is 8.23. The monoisotopic (exact) mass is 342 g/mol. The summed E-state index contributed by atoms with van der Waals surface area (Å²) in [5, 5.41) is 30.5. The van der Waals surface area contributed by atoms with Gasteiger partial charge in [0.25, 0.3) is 0 Å². The molecule has 1 aliphatic heterocycles. The number of amides is 1. The van der Waals surface area contributed by atoms with E-state index in [0.717, 1.165) is 5.56 Å². The molecule has 0 aliphatic carbocycles. The number of nitrogens with zero attached hydrogens (tertiary/aromatic N) is 2. The predicted octanol–water partition coefficient (Wildman–Crippen LogP) is 2.55. The molecule has 0 aromatic heterocycles. The standard InChI is InChI=1S/C19H22N2O4/c1-13(20(19(24)25)12-14-7-3-2-4-8-14)11-21-17(22)15-9-5-6-10-16(15)18(21)23/h2-10,13,17-18,22-23H,11-12H2,1H3,(H,24,25)/t13-,17?,18?/m0/s1. The van der Waals surface area contributed by atoms with Crippen LogP contribution < -0.4 is 0 Å². The number of carboxylic acid groups (broad SMARTS) is 1. The molecule has 132 valence electrons. The van der Waals surface area contributed by atoms with Crippen molar-refractivity contribution in [3.63, 3.8) is 0 Å². The van der Waals surface area contributed by atoms with E-state index in [9.17, 15) is 20.1 Å². The second-order valence-electron chi connectivity index (χ2n) is 6.32. The summed E-state index contributed by atoms with van der Waals surface area (Å²) >= 11 is 0. The molecule has 1 heterocycles. The van der Waals surface area contributed by atoms with Crippen LogP contribution in [0.15, 0.2) is 54.6 Å². The Morgan fingerprint density at radius 1 is 1.04 bits per heavy atom. The van der Waals surface area contributed by atoms with E-state index in [1.54, 1.807) is 31.2 Å². The summed E-state index contributed by atoms with van der Waals surface area (Å²) in [7, 11) is 0. The van der Waals surface area contributed by atoms with E-state index in [2.05, 4.69) is 0 Å². The highest BCUT2D eigenvalue weighted by Crippen LogP contribution is 2.39. The Bertz CT molecular complexity index is 708. The van der Waals surface area contributed by atoms with Gasteiger partial charge in [0.2, 0.25) is 0 Å². The largest absolute Gasteiger partial charge is 0.465 e. The van der Waals surface area contributed by atoms with E-state index in [1.165, 1.54) is 9.80 Å². The summed E-state index contributed by atoms with van der Waals surface area (Å²) in [5.41, 5.74) is 2.21. The molecule has 1 amide bonds. The normalized spacial score (nSPS) is 20.9. The molecular weight excluding hydrogens is 320 g/mol. The van der Waals surface area contributed by atoms with Gasteiger partial charge in [-0.3, -0.25) is 0 Å².